The second-order valence-electron chi connectivity index (χ2n) is 1.66. The van der Waals surface area contributed by atoms with Gasteiger partial charge in [-0.1, -0.05) is 0 Å². The van der Waals surface area contributed by atoms with Crippen molar-refractivity contribution in [3.05, 3.63) is 11.9 Å². The molecule has 0 spiro atoms. The molecule has 0 saturated heterocycles. The number of hydrogen-bond donors (Lipinski definition) is 1. The van der Waals surface area contributed by atoms with Crippen molar-refractivity contribution < 1.29 is 31.8 Å². The molecule has 0 heterocycles. The van der Waals surface area contributed by atoms with Crippen molar-refractivity contribution in [3.63, 3.8) is 0 Å². The second-order valence-corrected chi connectivity index (χ2v) is 1.66. The van der Waals surface area contributed by atoms with Gasteiger partial charge in [0.15, 0.2) is 0 Å². The molecule has 0 aliphatic carbocycles. The first-order chi connectivity index (χ1) is 5.41. The number of hydrogen-bond acceptors (Lipinski definition) is 2. The van der Waals surface area contributed by atoms with Gasteiger partial charge in [-0.25, -0.2) is 0 Å². The highest BCUT2D eigenvalue weighted by molar-refractivity contribution is 4.99. The summed E-state index contributed by atoms with van der Waals surface area (Å²) in [7, 11) is 0. The molecule has 0 bridgehead atoms. The Kier molecular flexibility index (Phi) is 4.11. The second kappa shape index (κ2) is 4.36. The normalized spacial score (nSPS) is 11.5. The molecule has 2 nitrogen and oxygen atoms in total. The highest BCUT2D eigenvalue weighted by Gasteiger charge is 2.40. The lowest BCUT2D eigenvalue weighted by Crippen LogP contribution is -2.24. The van der Waals surface area contributed by atoms with Gasteiger partial charge in [-0.05, 0) is 0 Å². The monoisotopic (exact) mass is 192 g/mol. The molecule has 0 aliphatic rings. The van der Waals surface area contributed by atoms with Gasteiger partial charge in [0.25, 0.3) is 5.83 Å². The molecule has 0 unspecified atom stereocenters. The molecule has 0 aliphatic heterocycles. The lowest BCUT2D eigenvalue weighted by molar-refractivity contribution is -0.226. The fourth-order valence-electron chi connectivity index (χ4n) is 0.347. The van der Waals surface area contributed by atoms with E-state index in [0.29, 0.717) is 0 Å². The first-order valence-corrected chi connectivity index (χ1v) is 2.75. The van der Waals surface area contributed by atoms with Gasteiger partial charge in [0.05, 0.1) is 13.2 Å². The molecule has 72 valence electrons. The molecule has 12 heavy (non-hydrogen) atoms. The summed E-state index contributed by atoms with van der Waals surface area (Å²) in [6, 6.07) is 0. The molecule has 1 N–H and O–H groups in total. The first-order valence-electron chi connectivity index (χ1n) is 2.75. The van der Waals surface area contributed by atoms with Gasteiger partial charge in [0.1, 0.15) is 0 Å². The Labute approximate surface area is 64.2 Å². The number of halogens is 5. The topological polar surface area (TPSA) is 29.5 Å². The minimum Gasteiger partial charge on any atom is -0.394 e. The lowest BCUT2D eigenvalue weighted by atomic mass is 10.5. The summed E-state index contributed by atoms with van der Waals surface area (Å²) in [6.07, 6.45) is -7.81. The van der Waals surface area contributed by atoms with E-state index in [0.717, 1.165) is 0 Å². The highest BCUT2D eigenvalue weighted by Crippen LogP contribution is 2.29. The highest BCUT2D eigenvalue weighted by atomic mass is 19.3. The van der Waals surface area contributed by atoms with E-state index in [2.05, 4.69) is 4.74 Å². The van der Waals surface area contributed by atoms with E-state index in [1.54, 1.807) is 0 Å². The van der Waals surface area contributed by atoms with Crippen LogP contribution in [0.25, 0.3) is 0 Å². The molecule has 0 amide bonds. The number of ether oxygens (including phenoxy) is 1. The fourth-order valence-corrected chi connectivity index (χ4v) is 0.347. The van der Waals surface area contributed by atoms with Crippen molar-refractivity contribution in [3.8, 4) is 0 Å². The van der Waals surface area contributed by atoms with E-state index in [1.165, 1.54) is 0 Å². The SMILES string of the molecule is OCCOC(F)(F)C(F)=C(F)F. The van der Waals surface area contributed by atoms with Gasteiger partial charge in [-0.2, -0.15) is 22.0 Å². The van der Waals surface area contributed by atoms with Crippen molar-refractivity contribution in [2.75, 3.05) is 13.2 Å². The van der Waals surface area contributed by atoms with Crippen LogP contribution in [0.5, 0.6) is 0 Å². The first kappa shape index (κ1) is 11.3. The molecule has 7 heteroatoms. The summed E-state index contributed by atoms with van der Waals surface area (Å²) in [5.41, 5.74) is 0. The van der Waals surface area contributed by atoms with Gasteiger partial charge in [-0.15, -0.1) is 0 Å². The average molecular weight is 192 g/mol. The molecule has 0 aromatic rings. The average Bonchev–Trinajstić information content (AvgIpc) is 1.99. The van der Waals surface area contributed by atoms with Crippen molar-refractivity contribution >= 4 is 0 Å². The maximum atomic E-state index is 12.0. The number of aliphatic hydroxyl groups excluding tert-OH is 1. The fraction of sp³-hybridized carbons (Fsp3) is 0.600. The Morgan fingerprint density at radius 2 is 1.75 bits per heavy atom. The third-order valence-electron chi connectivity index (χ3n) is 0.796. The minimum absolute atomic E-state index is 0.809. The smallest absolute Gasteiger partial charge is 0.394 e. The van der Waals surface area contributed by atoms with Crippen LogP contribution in [0, 0.1) is 0 Å². The van der Waals surface area contributed by atoms with Crippen molar-refractivity contribution in [2.24, 2.45) is 0 Å². The van der Waals surface area contributed by atoms with E-state index in [9.17, 15) is 22.0 Å². The third-order valence-corrected chi connectivity index (χ3v) is 0.796. The Bertz CT molecular complexity index is 175. The summed E-state index contributed by atoms with van der Waals surface area (Å²) < 4.78 is 61.6. The van der Waals surface area contributed by atoms with Crippen LogP contribution >= 0.6 is 0 Å². The van der Waals surface area contributed by atoms with Crippen LogP contribution in [0.4, 0.5) is 22.0 Å². The molecular weight excluding hydrogens is 187 g/mol. The van der Waals surface area contributed by atoms with Gasteiger partial charge in [0, 0.05) is 0 Å². The zero-order valence-electron chi connectivity index (χ0n) is 5.66. The van der Waals surface area contributed by atoms with Crippen molar-refractivity contribution in [1.82, 2.24) is 0 Å². The predicted molar refractivity (Wildman–Crippen MR) is 28.3 cm³/mol. The van der Waals surface area contributed by atoms with Crippen LogP contribution in [0.3, 0.4) is 0 Å². The minimum atomic E-state index is -4.67. The number of aliphatic hydroxyl groups is 1. The largest absolute Gasteiger partial charge is 0.414 e. The van der Waals surface area contributed by atoms with E-state index in [1.807, 2.05) is 0 Å². The molecule has 0 radical (unpaired) electrons. The molecule has 0 atom stereocenters. The quantitative estimate of drug-likeness (QED) is 0.686. The molecule has 0 fully saturated rings. The Balaban J connectivity index is 4.29. The zero-order valence-corrected chi connectivity index (χ0v) is 5.66. The molecule has 0 saturated carbocycles. The van der Waals surface area contributed by atoms with E-state index >= 15 is 0 Å². The summed E-state index contributed by atoms with van der Waals surface area (Å²) in [6.45, 7) is -1.73. The lowest BCUT2D eigenvalue weighted by Gasteiger charge is -2.12. The summed E-state index contributed by atoms with van der Waals surface area (Å²) in [4.78, 5) is 0. The van der Waals surface area contributed by atoms with Gasteiger partial charge >= 0.3 is 12.2 Å². The van der Waals surface area contributed by atoms with Crippen LogP contribution in [0.2, 0.25) is 0 Å². The van der Waals surface area contributed by atoms with Gasteiger partial charge < -0.3 is 9.84 Å². The maximum absolute atomic E-state index is 12.0. The van der Waals surface area contributed by atoms with Crippen LogP contribution in [-0.4, -0.2) is 24.4 Å². The molecule has 0 aromatic heterocycles. The summed E-state index contributed by atoms with van der Waals surface area (Å²) >= 11 is 0. The zero-order chi connectivity index (χ0) is 9.78. The predicted octanol–water partition coefficient (Wildman–Crippen LogP) is 1.67. The molecule has 0 rings (SSSR count). The Hall–Kier alpha value is -0.690. The van der Waals surface area contributed by atoms with E-state index < -0.39 is 31.2 Å². The van der Waals surface area contributed by atoms with Crippen LogP contribution in [-0.2, 0) is 4.74 Å². The van der Waals surface area contributed by atoms with Crippen molar-refractivity contribution in [2.45, 2.75) is 6.11 Å². The Morgan fingerprint density at radius 1 is 1.25 bits per heavy atom. The van der Waals surface area contributed by atoms with Gasteiger partial charge in [0.2, 0.25) is 0 Å². The van der Waals surface area contributed by atoms with Crippen LogP contribution in [0.15, 0.2) is 11.9 Å². The molecular formula is C5H5F5O2. The number of alkyl halides is 2. The number of rotatable bonds is 4. The third kappa shape index (κ3) is 3.14. The summed E-state index contributed by atoms with van der Waals surface area (Å²) in [5.74, 6) is -2.93. The van der Waals surface area contributed by atoms with Gasteiger partial charge in [-0.3, -0.25) is 0 Å². The maximum Gasteiger partial charge on any atom is 0.414 e. The van der Waals surface area contributed by atoms with E-state index in [4.69, 9.17) is 5.11 Å². The molecule has 0 aromatic carbocycles. The van der Waals surface area contributed by atoms with E-state index in [-0.39, 0.29) is 0 Å². The Morgan fingerprint density at radius 3 is 2.08 bits per heavy atom. The summed E-state index contributed by atoms with van der Waals surface area (Å²) in [5, 5.41) is 7.97. The van der Waals surface area contributed by atoms with Crippen molar-refractivity contribution in [1.29, 1.82) is 0 Å². The standard InChI is InChI=1S/C5H5F5O2/c6-3(4(7)8)5(9,10)12-2-1-11/h11H,1-2H2. The van der Waals surface area contributed by atoms with Crippen LogP contribution in [0.1, 0.15) is 0 Å². The van der Waals surface area contributed by atoms with Crippen LogP contribution < -0.4 is 0 Å².